The third-order valence-electron chi connectivity index (χ3n) is 1.55. The normalized spacial score (nSPS) is 9.31. The van der Waals surface area contributed by atoms with Crippen molar-refractivity contribution in [3.05, 3.63) is 28.8 Å². The Bertz CT molecular complexity index is 330. The zero-order valence-electron chi connectivity index (χ0n) is 7.38. The van der Waals surface area contributed by atoms with Gasteiger partial charge < -0.3 is 4.74 Å². The van der Waals surface area contributed by atoms with Crippen molar-refractivity contribution in [1.29, 1.82) is 5.26 Å². The van der Waals surface area contributed by atoms with Gasteiger partial charge in [0.15, 0.2) is 0 Å². The van der Waals surface area contributed by atoms with Crippen molar-refractivity contribution in [3.63, 3.8) is 0 Å². The summed E-state index contributed by atoms with van der Waals surface area (Å²) in [5.41, 5.74) is 0.414. The van der Waals surface area contributed by atoms with Crippen LogP contribution in [0.2, 0.25) is 5.02 Å². The molecule has 1 rings (SSSR count). The fourth-order valence-electron chi connectivity index (χ4n) is 0.945. The van der Waals surface area contributed by atoms with Crippen LogP contribution in [-0.2, 0) is 0 Å². The molecule has 0 fully saturated rings. The number of halogens is 1. The third kappa shape index (κ3) is 2.37. The molecule has 1 aromatic rings. The van der Waals surface area contributed by atoms with Crippen LogP contribution < -0.4 is 4.74 Å². The molecule has 0 aliphatic rings. The molecule has 0 heterocycles. The Morgan fingerprint density at radius 3 is 2.92 bits per heavy atom. The van der Waals surface area contributed by atoms with Crippen LogP contribution >= 0.6 is 11.6 Å². The van der Waals surface area contributed by atoms with Crippen molar-refractivity contribution in [2.75, 3.05) is 6.61 Å². The second kappa shape index (κ2) is 4.74. The van der Waals surface area contributed by atoms with Crippen molar-refractivity contribution < 1.29 is 4.74 Å². The van der Waals surface area contributed by atoms with Crippen LogP contribution in [0.1, 0.15) is 18.9 Å². The quantitative estimate of drug-likeness (QED) is 0.743. The highest BCUT2D eigenvalue weighted by Gasteiger charge is 2.06. The zero-order chi connectivity index (χ0) is 9.68. The second-order valence-electron chi connectivity index (χ2n) is 2.57. The van der Waals surface area contributed by atoms with Crippen LogP contribution in [0, 0.1) is 11.3 Å². The maximum Gasteiger partial charge on any atom is 0.138 e. The Morgan fingerprint density at radius 2 is 2.31 bits per heavy atom. The first-order valence-electron chi connectivity index (χ1n) is 4.11. The topological polar surface area (TPSA) is 33.0 Å². The molecule has 0 aromatic heterocycles. The molecule has 0 bridgehead atoms. The number of benzene rings is 1. The van der Waals surface area contributed by atoms with Gasteiger partial charge in [-0.15, -0.1) is 0 Å². The molecule has 0 spiro atoms. The van der Waals surface area contributed by atoms with E-state index in [1.54, 1.807) is 18.2 Å². The Morgan fingerprint density at radius 1 is 1.54 bits per heavy atom. The van der Waals surface area contributed by atoms with Crippen LogP contribution in [0.25, 0.3) is 0 Å². The van der Waals surface area contributed by atoms with Gasteiger partial charge in [-0.1, -0.05) is 24.6 Å². The molecule has 68 valence electrons. The van der Waals surface area contributed by atoms with E-state index in [-0.39, 0.29) is 0 Å². The van der Waals surface area contributed by atoms with Crippen molar-refractivity contribution in [2.24, 2.45) is 0 Å². The average molecular weight is 196 g/mol. The summed E-state index contributed by atoms with van der Waals surface area (Å²) in [6.07, 6.45) is 0.914. The van der Waals surface area contributed by atoms with Crippen molar-refractivity contribution in [1.82, 2.24) is 0 Å². The summed E-state index contributed by atoms with van der Waals surface area (Å²) in [6.45, 7) is 2.62. The van der Waals surface area contributed by atoms with E-state index in [4.69, 9.17) is 21.6 Å². The number of nitrogens with zero attached hydrogens (tertiary/aromatic N) is 1. The number of ether oxygens (including phenoxy) is 1. The predicted molar refractivity (Wildman–Crippen MR) is 52.0 cm³/mol. The van der Waals surface area contributed by atoms with E-state index in [1.165, 1.54) is 0 Å². The minimum absolute atomic E-state index is 0.414. The summed E-state index contributed by atoms with van der Waals surface area (Å²) in [7, 11) is 0. The molecular weight excluding hydrogens is 186 g/mol. The molecular formula is C10H10ClNO. The molecule has 0 unspecified atom stereocenters. The van der Waals surface area contributed by atoms with E-state index >= 15 is 0 Å². The maximum absolute atomic E-state index is 8.78. The fourth-order valence-corrected chi connectivity index (χ4v) is 1.15. The van der Waals surface area contributed by atoms with Crippen LogP contribution in [0.15, 0.2) is 18.2 Å². The standard InChI is InChI=1S/C10H10ClNO/c1-2-6-13-10-5-3-4-9(11)8(10)7-12/h3-5H,2,6H2,1H3. The molecule has 0 N–H and O–H groups in total. The van der Waals surface area contributed by atoms with Crippen molar-refractivity contribution in [3.8, 4) is 11.8 Å². The van der Waals surface area contributed by atoms with Gasteiger partial charge in [0.05, 0.1) is 11.6 Å². The summed E-state index contributed by atoms with van der Waals surface area (Å²) in [6, 6.07) is 7.22. The van der Waals surface area contributed by atoms with Crippen LogP contribution in [0.4, 0.5) is 0 Å². The molecule has 0 aliphatic heterocycles. The molecule has 3 heteroatoms. The highest BCUT2D eigenvalue weighted by atomic mass is 35.5. The van der Waals surface area contributed by atoms with E-state index in [0.717, 1.165) is 6.42 Å². The van der Waals surface area contributed by atoms with Crippen molar-refractivity contribution in [2.45, 2.75) is 13.3 Å². The van der Waals surface area contributed by atoms with Crippen LogP contribution in [0.5, 0.6) is 5.75 Å². The molecule has 0 saturated carbocycles. The van der Waals surface area contributed by atoms with Gasteiger partial charge in [0, 0.05) is 0 Å². The molecule has 13 heavy (non-hydrogen) atoms. The number of rotatable bonds is 3. The van der Waals surface area contributed by atoms with Gasteiger partial charge in [0.25, 0.3) is 0 Å². The van der Waals surface area contributed by atoms with Crippen molar-refractivity contribution >= 4 is 11.6 Å². The summed E-state index contributed by atoms with van der Waals surface area (Å²) < 4.78 is 5.35. The van der Waals surface area contributed by atoms with Crippen LogP contribution in [0.3, 0.4) is 0 Å². The lowest BCUT2D eigenvalue weighted by atomic mass is 10.2. The Kier molecular flexibility index (Phi) is 3.60. The van der Waals surface area contributed by atoms with Gasteiger partial charge in [-0.3, -0.25) is 0 Å². The predicted octanol–water partition coefficient (Wildman–Crippen LogP) is 3.00. The lowest BCUT2D eigenvalue weighted by Gasteiger charge is -2.06. The first-order valence-corrected chi connectivity index (χ1v) is 4.48. The van der Waals surface area contributed by atoms with E-state index in [1.807, 2.05) is 13.0 Å². The molecule has 2 nitrogen and oxygen atoms in total. The second-order valence-corrected chi connectivity index (χ2v) is 2.98. The van der Waals surface area contributed by atoms with Gasteiger partial charge in [0.2, 0.25) is 0 Å². The highest BCUT2D eigenvalue weighted by Crippen LogP contribution is 2.25. The zero-order valence-corrected chi connectivity index (χ0v) is 8.14. The Hall–Kier alpha value is -1.20. The molecule has 1 aromatic carbocycles. The first kappa shape index (κ1) is 9.88. The largest absolute Gasteiger partial charge is 0.492 e. The number of nitriles is 1. The van der Waals surface area contributed by atoms with E-state index in [2.05, 4.69) is 0 Å². The summed E-state index contributed by atoms with van der Waals surface area (Å²) in [5, 5.41) is 9.22. The number of hydrogen-bond acceptors (Lipinski definition) is 2. The van der Waals surface area contributed by atoms with Gasteiger partial charge in [-0.05, 0) is 18.6 Å². The molecule has 0 saturated heterocycles. The third-order valence-corrected chi connectivity index (χ3v) is 1.86. The molecule has 0 radical (unpaired) electrons. The summed E-state index contributed by atoms with van der Waals surface area (Å²) in [5.74, 6) is 0.567. The van der Waals surface area contributed by atoms with Gasteiger partial charge in [0.1, 0.15) is 17.4 Å². The van der Waals surface area contributed by atoms with E-state index in [0.29, 0.717) is 22.9 Å². The minimum Gasteiger partial charge on any atom is -0.492 e. The fraction of sp³-hybridized carbons (Fsp3) is 0.300. The maximum atomic E-state index is 8.78. The monoisotopic (exact) mass is 195 g/mol. The Labute approximate surface area is 82.7 Å². The first-order chi connectivity index (χ1) is 6.29. The number of hydrogen-bond donors (Lipinski definition) is 0. The lowest BCUT2D eigenvalue weighted by Crippen LogP contribution is -1.97. The van der Waals surface area contributed by atoms with Gasteiger partial charge >= 0.3 is 0 Å². The smallest absolute Gasteiger partial charge is 0.138 e. The molecule has 0 aliphatic carbocycles. The van der Waals surface area contributed by atoms with Gasteiger partial charge in [-0.25, -0.2) is 0 Å². The molecule has 0 atom stereocenters. The molecule has 0 amide bonds. The van der Waals surface area contributed by atoms with E-state index < -0.39 is 0 Å². The minimum atomic E-state index is 0.414. The highest BCUT2D eigenvalue weighted by molar-refractivity contribution is 6.31. The lowest BCUT2D eigenvalue weighted by molar-refractivity contribution is 0.316. The van der Waals surface area contributed by atoms with E-state index in [9.17, 15) is 0 Å². The Balaban J connectivity index is 2.93. The van der Waals surface area contributed by atoms with Crippen LogP contribution in [-0.4, -0.2) is 6.61 Å². The van der Waals surface area contributed by atoms with Gasteiger partial charge in [-0.2, -0.15) is 5.26 Å². The summed E-state index contributed by atoms with van der Waals surface area (Å²) in [4.78, 5) is 0. The SMILES string of the molecule is CCCOc1cccc(Cl)c1C#N. The average Bonchev–Trinajstić information content (AvgIpc) is 2.15. The summed E-state index contributed by atoms with van der Waals surface area (Å²) >= 11 is 5.81.